The highest BCUT2D eigenvalue weighted by atomic mass is 127. The van der Waals surface area contributed by atoms with Gasteiger partial charge in [0.05, 0.1) is 65.7 Å². The number of imidazole rings is 2. The second-order valence-electron chi connectivity index (χ2n) is 25.4. The van der Waals surface area contributed by atoms with Crippen molar-refractivity contribution in [3.63, 3.8) is 0 Å². The zero-order valence-corrected chi connectivity index (χ0v) is 61.9. The molecule has 2 fully saturated rings. The lowest BCUT2D eigenvalue weighted by Gasteiger charge is -2.40. The van der Waals surface area contributed by atoms with Crippen LogP contribution in [-0.4, -0.2) is 131 Å². The van der Waals surface area contributed by atoms with E-state index in [-0.39, 0.29) is 102 Å². The van der Waals surface area contributed by atoms with Gasteiger partial charge in [0.15, 0.2) is 40.9 Å². The molecule has 0 bridgehead atoms. The van der Waals surface area contributed by atoms with Crippen molar-refractivity contribution >= 4 is 51.7 Å². The van der Waals surface area contributed by atoms with Crippen LogP contribution in [0.5, 0.6) is 0 Å². The van der Waals surface area contributed by atoms with Gasteiger partial charge >= 0.3 is 41.8 Å². The highest BCUT2D eigenvalue weighted by Gasteiger charge is 2.41. The number of hydrogen-bond acceptors (Lipinski definition) is 15. The molecule has 0 saturated carbocycles. The molecule has 2 aliphatic heterocycles. The number of aliphatic hydroxyl groups is 1. The highest BCUT2D eigenvalue weighted by molar-refractivity contribution is 7.97. The van der Waals surface area contributed by atoms with E-state index in [1.165, 1.54) is 51.2 Å². The van der Waals surface area contributed by atoms with E-state index < -0.39 is 64.7 Å². The Balaban J connectivity index is 0.000000261. The van der Waals surface area contributed by atoms with E-state index in [4.69, 9.17) is 38.6 Å². The van der Waals surface area contributed by atoms with Crippen LogP contribution < -0.4 is 24.0 Å². The number of esters is 3. The molecule has 2 saturated heterocycles. The predicted molar refractivity (Wildman–Crippen MR) is 368 cm³/mol. The Morgan fingerprint density at radius 3 is 0.990 bits per heavy atom. The zero-order chi connectivity index (χ0) is 73.0. The first-order valence-corrected chi connectivity index (χ1v) is 34.2. The first kappa shape index (κ1) is 84.7. The molecule has 10 rings (SSSR count). The van der Waals surface area contributed by atoms with Crippen LogP contribution in [0, 0.1) is 0 Å². The summed E-state index contributed by atoms with van der Waals surface area (Å²) >= 11 is 0. The number of halogens is 5. The van der Waals surface area contributed by atoms with Crippen LogP contribution in [0.15, 0.2) is 249 Å². The molecule has 2 aliphatic rings. The zero-order valence-electron chi connectivity index (χ0n) is 58.1. The summed E-state index contributed by atoms with van der Waals surface area (Å²) in [6.45, 7) is 18.0. The van der Waals surface area contributed by atoms with E-state index in [0.717, 1.165) is 0 Å². The average molecular weight is 1540 g/mol. The number of carboxylic acids is 1. The summed E-state index contributed by atoms with van der Waals surface area (Å²) in [5.41, 5.74) is -1.10. The largest absolute Gasteiger partial charge is 1.00 e. The van der Waals surface area contributed by atoms with Gasteiger partial charge in [-0.3, -0.25) is 18.7 Å². The van der Waals surface area contributed by atoms with Crippen LogP contribution in [0.3, 0.4) is 0 Å². The van der Waals surface area contributed by atoms with Gasteiger partial charge in [-0.15, -0.1) is 0 Å². The Kier molecular flexibility index (Phi) is 33.9. The second kappa shape index (κ2) is 40.0. The van der Waals surface area contributed by atoms with Crippen molar-refractivity contribution in [3.05, 3.63) is 219 Å². The van der Waals surface area contributed by atoms with Gasteiger partial charge in [-0.05, 0) is 142 Å². The minimum atomic E-state index is -3.58. The molecule has 4 heterocycles. The van der Waals surface area contributed by atoms with Gasteiger partial charge in [0.2, 0.25) is 0 Å². The van der Waals surface area contributed by atoms with E-state index in [2.05, 4.69) is 197 Å². The van der Waals surface area contributed by atoms with Gasteiger partial charge in [-0.25, -0.2) is 24.4 Å². The van der Waals surface area contributed by atoms with Gasteiger partial charge in [-0.1, -0.05) is 109 Å². The van der Waals surface area contributed by atoms with Gasteiger partial charge in [0.1, 0.15) is 30.5 Å². The van der Waals surface area contributed by atoms with E-state index in [1.807, 2.05) is 20.8 Å². The number of aromatic nitrogens is 4. The number of aliphatic hydroxyl groups excluding tert-OH is 1. The predicted octanol–water partition coefficient (Wildman–Crippen LogP) is 12.3. The molecule has 6 aromatic carbocycles. The number of benzene rings is 6. The third-order valence-corrected chi connectivity index (χ3v) is 17.6. The number of nitrogens with zero attached hydrogens (tertiary/aromatic N) is 4. The summed E-state index contributed by atoms with van der Waals surface area (Å²) in [4.78, 5) is 71.2. The minimum absolute atomic E-state index is 0. The Bertz CT molecular complexity index is 3320. The maximum Gasteiger partial charge on any atom is 0.376 e. The number of carbonyl (C=O) groups excluding carboxylic acids is 4. The molecule has 0 amide bonds. The lowest BCUT2D eigenvalue weighted by atomic mass is 10.1. The van der Waals surface area contributed by atoms with Crippen LogP contribution in [-0.2, 0) is 74.1 Å². The monoisotopic (exact) mass is 1540 g/mol. The van der Waals surface area contributed by atoms with Gasteiger partial charge in [0.25, 0.3) is 0 Å². The van der Waals surface area contributed by atoms with Gasteiger partial charge in [-0.2, -0.15) is 17.6 Å². The average Bonchev–Trinajstić information content (AvgIpc) is 1.11. The summed E-state index contributed by atoms with van der Waals surface area (Å²) in [5.74, 6) is -13.4. The van der Waals surface area contributed by atoms with Crippen LogP contribution in [0.1, 0.15) is 109 Å². The second-order valence-corrected chi connectivity index (χ2v) is 29.4. The van der Waals surface area contributed by atoms with Crippen molar-refractivity contribution in [1.82, 2.24) is 19.1 Å². The summed E-state index contributed by atoms with van der Waals surface area (Å²) in [5, 5.41) is 16.7. The number of alkyl halides is 4. The molecular formula is C75H90F4IN4O14S2+. The van der Waals surface area contributed by atoms with Crippen LogP contribution in [0.25, 0.3) is 0 Å². The number of carbonyl (C=O) groups is 5. The maximum absolute atomic E-state index is 12.8. The third kappa shape index (κ3) is 31.4. The SMILES string of the molecule is CC(C)(C)OC(=O)CC1CC(CO)OC(C)(C)O1.CC(C)(C)OC(=O)CC1CC(COC(=O)C(C)(F)F)OC(C)(C)O1.CC(F)(F)C(=O)O.O=C(n1ccnc1)n1ccnc1.[I-].c1ccc([S+](c2ccccc2)c2ccccc2)cc1.c1ccc([S+](c2ccccc2)c2ccccc2)cc1. The Morgan fingerprint density at radius 1 is 0.480 bits per heavy atom. The summed E-state index contributed by atoms with van der Waals surface area (Å²) < 4.78 is 88.4. The van der Waals surface area contributed by atoms with E-state index in [9.17, 15) is 41.5 Å². The number of carboxylic acid groups (broad SMARTS) is 1. The summed E-state index contributed by atoms with van der Waals surface area (Å²) in [6.07, 6.45) is 8.34. The van der Waals surface area contributed by atoms with E-state index >= 15 is 0 Å². The molecule has 0 spiro atoms. The van der Waals surface area contributed by atoms with Crippen molar-refractivity contribution in [2.24, 2.45) is 0 Å². The number of hydrogen-bond donors (Lipinski definition) is 2. The number of ether oxygens (including phenoxy) is 7. The van der Waals surface area contributed by atoms with E-state index in [0.29, 0.717) is 20.3 Å². The van der Waals surface area contributed by atoms with Crippen LogP contribution in [0.4, 0.5) is 22.4 Å². The maximum atomic E-state index is 12.8. The topological polar surface area (TPSA) is 226 Å². The Labute approximate surface area is 605 Å². The molecule has 0 aliphatic carbocycles. The lowest BCUT2D eigenvalue weighted by Crippen LogP contribution is -3.00. The van der Waals surface area contributed by atoms with Gasteiger partial charge in [0, 0.05) is 51.5 Å². The van der Waals surface area contributed by atoms with Crippen LogP contribution >= 0.6 is 0 Å². The standard InChI is InChI=1S/2C18H15S.C16H26F2O6.C13H24O5.C7H6N4O.C3H4F2O2.HI/c2*1-4-10-16(11-5-1)19(17-12-6-2-7-13-17)18-14-8-3-9-15-18;1-14(2,3)24-12(19)8-10-7-11(23-15(4,5)22-10)9-21-13(20)16(6,17)18;1-12(2,3)18-11(15)7-9-6-10(8-14)17-13(4,5)16-9;12-7(10-3-1-8-5-10)11-4-2-9-6-11;1-3(4,5)2(6)7;/h2*1-15H;10-11H,7-9H2,1-6H3;9-10,14H,6-8H2,1-5H3;1-6H;1H3,(H,6,7);1H/q2*+1;;;;;/p-1. The summed E-state index contributed by atoms with van der Waals surface area (Å²) in [6, 6.07) is 64.1. The van der Waals surface area contributed by atoms with Crippen molar-refractivity contribution in [1.29, 1.82) is 0 Å². The normalized spacial score (nSPS) is 16.9. The van der Waals surface area contributed by atoms with Gasteiger partial charge < -0.3 is 67.3 Å². The van der Waals surface area contributed by atoms with Crippen molar-refractivity contribution in [2.45, 2.75) is 197 Å². The molecule has 4 atom stereocenters. The van der Waals surface area contributed by atoms with Crippen molar-refractivity contribution in [2.75, 3.05) is 13.2 Å². The van der Waals surface area contributed by atoms with Crippen LogP contribution in [0.2, 0.25) is 0 Å². The molecular weight excluding hydrogens is 1450 g/mol. The quantitative estimate of drug-likeness (QED) is 0.0320. The third-order valence-electron chi connectivity index (χ3n) is 13.1. The fourth-order valence-corrected chi connectivity index (χ4v) is 13.6. The molecule has 4 unspecified atom stereocenters. The summed E-state index contributed by atoms with van der Waals surface area (Å²) in [7, 11) is -0.0293. The molecule has 540 valence electrons. The molecule has 2 aromatic heterocycles. The Morgan fingerprint density at radius 2 is 0.750 bits per heavy atom. The first-order valence-electron chi connectivity index (χ1n) is 31.7. The molecule has 18 nitrogen and oxygen atoms in total. The lowest BCUT2D eigenvalue weighted by molar-refractivity contribution is -0.305. The Hall–Kier alpha value is -7.76. The smallest absolute Gasteiger partial charge is 0.376 e. The fraction of sp³-hybridized carbons (Fsp3) is 0.373. The first-order chi connectivity index (χ1) is 46.5. The minimum Gasteiger partial charge on any atom is -1.00 e. The molecule has 8 aromatic rings. The van der Waals surface area contributed by atoms with Crippen molar-refractivity contribution in [3.8, 4) is 0 Å². The number of aliphatic carboxylic acids is 1. The molecule has 0 radical (unpaired) electrons. The highest BCUT2D eigenvalue weighted by Crippen LogP contribution is 2.34. The molecule has 2 N–H and O–H groups in total. The van der Waals surface area contributed by atoms with E-state index in [1.54, 1.807) is 73.3 Å². The molecule has 100 heavy (non-hydrogen) atoms. The fourth-order valence-electron chi connectivity index (χ4n) is 9.37. The number of rotatable bonds is 15. The molecule has 25 heteroatoms. The van der Waals surface area contributed by atoms with Crippen molar-refractivity contribution < 1.29 is 109 Å².